The van der Waals surface area contributed by atoms with Crippen LogP contribution in [0, 0.1) is 13.8 Å². The predicted octanol–water partition coefficient (Wildman–Crippen LogP) is -0.113. The molecule has 0 saturated carbocycles. The topological polar surface area (TPSA) is 25.8 Å². The van der Waals surface area contributed by atoms with E-state index in [2.05, 4.69) is 16.3 Å². The third kappa shape index (κ3) is 1.56. The molecule has 0 atom stereocenters. The van der Waals surface area contributed by atoms with E-state index in [0.717, 1.165) is 9.94 Å². The molecule has 0 aliphatic rings. The van der Waals surface area contributed by atoms with Gasteiger partial charge in [0.1, 0.15) is 0 Å². The molecule has 1 aromatic rings. The van der Waals surface area contributed by atoms with Crippen LogP contribution in [0.2, 0.25) is 0 Å². The molecule has 9 heavy (non-hydrogen) atoms. The molecule has 0 amide bonds. The van der Waals surface area contributed by atoms with Gasteiger partial charge in [0, 0.05) is 0 Å². The quantitative estimate of drug-likeness (QED) is 0.516. The molecule has 0 aromatic carbocycles. The number of hydrogen-bond donors (Lipinski definition) is 0. The van der Waals surface area contributed by atoms with Crippen LogP contribution in [0.4, 0.5) is 0 Å². The van der Waals surface area contributed by atoms with Gasteiger partial charge in [-0.15, -0.1) is 0 Å². The van der Waals surface area contributed by atoms with Crippen molar-refractivity contribution < 1.29 is 0 Å². The molecule has 0 aliphatic heterocycles. The Morgan fingerprint density at radius 3 is 2.44 bits per heavy atom. The molecule has 44 valence electrons. The van der Waals surface area contributed by atoms with Gasteiger partial charge in [-0.3, -0.25) is 0 Å². The van der Waals surface area contributed by atoms with E-state index in [9.17, 15) is 0 Å². The minimum absolute atomic E-state index is 1.02. The zero-order chi connectivity index (χ0) is 6.85. The second kappa shape index (κ2) is 2.54. The van der Waals surface area contributed by atoms with E-state index in [1.807, 2.05) is 13.8 Å². The number of hydrogen-bond acceptors (Lipinski definition) is 2. The molecule has 0 saturated heterocycles. The van der Waals surface area contributed by atoms with Gasteiger partial charge < -0.3 is 0 Å². The Kier molecular flexibility index (Phi) is 1.92. The first-order valence-electron chi connectivity index (χ1n) is 2.76. The Bertz CT molecular complexity index is 222. The molecule has 0 bridgehead atoms. The zero-order valence-corrected chi connectivity index (χ0v) is 7.97. The fourth-order valence-corrected chi connectivity index (χ4v) is 1.21. The van der Waals surface area contributed by atoms with Crippen molar-refractivity contribution in [3.8, 4) is 0 Å². The first-order valence-corrected chi connectivity index (χ1v) is 3.97. The van der Waals surface area contributed by atoms with Crippen molar-refractivity contribution in [3.63, 3.8) is 0 Å². The van der Waals surface area contributed by atoms with Gasteiger partial charge in [-0.2, -0.15) is 0 Å². The molecule has 0 unspecified atom stereocenters. The van der Waals surface area contributed by atoms with Gasteiger partial charge in [0.25, 0.3) is 0 Å². The van der Waals surface area contributed by atoms with Crippen LogP contribution in [0.25, 0.3) is 0 Å². The van der Waals surface area contributed by atoms with E-state index >= 15 is 0 Å². The standard InChI is InChI=1S/C6H7N2.Ga/c1-5-3-4-7-8-6(5)2;/h3H,1-2H3;. The monoisotopic (exact) mass is 176 g/mol. The summed E-state index contributed by atoms with van der Waals surface area (Å²) in [6.07, 6.45) is 0. The van der Waals surface area contributed by atoms with Gasteiger partial charge in [-0.05, 0) is 0 Å². The fraction of sp³-hybridized carbons (Fsp3) is 0.333. The number of rotatable bonds is 0. The predicted molar refractivity (Wildman–Crippen MR) is 36.9 cm³/mol. The van der Waals surface area contributed by atoms with Crippen molar-refractivity contribution in [1.82, 2.24) is 10.2 Å². The van der Waals surface area contributed by atoms with E-state index in [-0.39, 0.29) is 0 Å². The first kappa shape index (κ1) is 6.83. The average molecular weight is 177 g/mol. The van der Waals surface area contributed by atoms with Crippen molar-refractivity contribution in [2.24, 2.45) is 0 Å². The van der Waals surface area contributed by atoms with Crippen LogP contribution in [0.5, 0.6) is 0 Å². The summed E-state index contributed by atoms with van der Waals surface area (Å²) in [5.41, 5.74) is 2.25. The van der Waals surface area contributed by atoms with E-state index < -0.39 is 0 Å². The van der Waals surface area contributed by atoms with Gasteiger partial charge >= 0.3 is 64.2 Å². The van der Waals surface area contributed by atoms with Crippen LogP contribution in [0.3, 0.4) is 0 Å². The van der Waals surface area contributed by atoms with E-state index in [4.69, 9.17) is 0 Å². The fourth-order valence-electron chi connectivity index (χ4n) is 0.567. The summed E-state index contributed by atoms with van der Waals surface area (Å²) < 4.78 is 1.05. The molecule has 1 aromatic heterocycles. The summed E-state index contributed by atoms with van der Waals surface area (Å²) in [7, 11) is 0. The Balaban J connectivity index is 3.17. The van der Waals surface area contributed by atoms with Crippen molar-refractivity contribution in [2.75, 3.05) is 0 Å². The summed E-state index contributed by atoms with van der Waals surface area (Å²) in [5, 5.41) is 7.86. The molecule has 0 fully saturated rings. The van der Waals surface area contributed by atoms with Gasteiger partial charge in [0.15, 0.2) is 0 Å². The third-order valence-electron chi connectivity index (χ3n) is 1.25. The van der Waals surface area contributed by atoms with Crippen molar-refractivity contribution in [2.45, 2.75) is 13.8 Å². The molecule has 1 rings (SSSR count). The number of aryl methyl sites for hydroxylation is 2. The van der Waals surface area contributed by atoms with Gasteiger partial charge in [0.05, 0.1) is 0 Å². The van der Waals surface area contributed by atoms with E-state index in [1.54, 1.807) is 0 Å². The average Bonchev–Trinajstić information content (AvgIpc) is 1.80. The summed E-state index contributed by atoms with van der Waals surface area (Å²) in [5.74, 6) is 0. The van der Waals surface area contributed by atoms with Crippen molar-refractivity contribution in [3.05, 3.63) is 17.3 Å². The Hall–Kier alpha value is -0.284. The van der Waals surface area contributed by atoms with E-state index in [0.29, 0.717) is 0 Å². The molecular formula is C6H7GaN2. The normalized spacial score (nSPS) is 9.56. The second-order valence-electron chi connectivity index (χ2n) is 2.04. The van der Waals surface area contributed by atoms with Gasteiger partial charge in [-0.25, -0.2) is 0 Å². The number of nitrogens with zero attached hydrogens (tertiary/aromatic N) is 2. The van der Waals surface area contributed by atoms with Crippen molar-refractivity contribution in [1.29, 1.82) is 0 Å². The van der Waals surface area contributed by atoms with E-state index in [1.165, 1.54) is 24.2 Å². The van der Waals surface area contributed by atoms with Gasteiger partial charge in [-0.1, -0.05) is 0 Å². The first-order chi connectivity index (χ1) is 4.20. The Morgan fingerprint density at radius 1 is 1.33 bits per heavy atom. The molecule has 2 radical (unpaired) electrons. The third-order valence-corrected chi connectivity index (χ3v) is 1.84. The maximum atomic E-state index is 3.94. The van der Waals surface area contributed by atoms with Crippen LogP contribution >= 0.6 is 0 Å². The van der Waals surface area contributed by atoms with Crippen LogP contribution in [-0.2, 0) is 0 Å². The summed E-state index contributed by atoms with van der Waals surface area (Å²) in [6.45, 7) is 4.02. The molecule has 0 N–H and O–H groups in total. The zero-order valence-electron chi connectivity index (χ0n) is 5.55. The van der Waals surface area contributed by atoms with Gasteiger partial charge in [0.2, 0.25) is 0 Å². The molecule has 0 aliphatic carbocycles. The maximum absolute atomic E-state index is 3.94. The molecular weight excluding hydrogens is 170 g/mol. The molecule has 2 nitrogen and oxygen atoms in total. The summed E-state index contributed by atoms with van der Waals surface area (Å²) in [4.78, 5) is 0. The van der Waals surface area contributed by atoms with Crippen LogP contribution in [-0.4, -0.2) is 28.8 Å². The molecule has 0 spiro atoms. The number of aromatic nitrogens is 2. The molecule has 3 heteroatoms. The SMILES string of the molecule is Cc1c[c]([Ga])nnc1C. The summed E-state index contributed by atoms with van der Waals surface area (Å²) in [6, 6.07) is 2.06. The molecule has 1 heterocycles. The Labute approximate surface area is 64.6 Å². The minimum atomic E-state index is 1.02. The van der Waals surface area contributed by atoms with Crippen LogP contribution in [0.15, 0.2) is 6.07 Å². The van der Waals surface area contributed by atoms with Crippen LogP contribution < -0.4 is 4.25 Å². The van der Waals surface area contributed by atoms with Crippen LogP contribution in [0.1, 0.15) is 11.3 Å². The van der Waals surface area contributed by atoms with Crippen molar-refractivity contribution >= 4 is 22.8 Å². The Morgan fingerprint density at radius 2 is 2.00 bits per heavy atom. The second-order valence-corrected chi connectivity index (χ2v) is 3.28. The summed E-state index contributed by atoms with van der Waals surface area (Å²) >= 11 is 1.52.